The molecule has 1 N–H and O–H groups in total. The number of nitrogens with zero attached hydrogens (tertiary/aromatic N) is 1. The van der Waals surface area contributed by atoms with Gasteiger partial charge in [-0.2, -0.15) is 0 Å². The zero-order valence-electron chi connectivity index (χ0n) is 23.3. The molecule has 0 radical (unpaired) electrons. The molecule has 2 saturated heterocycles. The quantitative estimate of drug-likeness (QED) is 0.609. The van der Waals surface area contributed by atoms with Crippen LogP contribution in [0.15, 0.2) is 42.5 Å². The second-order valence-corrected chi connectivity index (χ2v) is 12.1. The van der Waals surface area contributed by atoms with E-state index in [-0.39, 0.29) is 11.9 Å². The van der Waals surface area contributed by atoms with E-state index < -0.39 is 30.0 Å². The number of carbonyl (C=O) groups excluding carboxylic acids is 2. The number of amides is 2. The van der Waals surface area contributed by atoms with E-state index in [1.54, 1.807) is 4.90 Å². The van der Waals surface area contributed by atoms with Gasteiger partial charge in [0.1, 0.15) is 5.60 Å². The van der Waals surface area contributed by atoms with Crippen LogP contribution in [0.2, 0.25) is 0 Å². The van der Waals surface area contributed by atoms with E-state index in [0.29, 0.717) is 25.1 Å². The predicted molar refractivity (Wildman–Crippen MR) is 146 cm³/mol. The largest absolute Gasteiger partial charge is 0.495 e. The maximum Gasteiger partial charge on any atom is 0.495 e. The molecule has 8 heteroatoms. The van der Waals surface area contributed by atoms with Gasteiger partial charge in [-0.25, -0.2) is 4.79 Å². The van der Waals surface area contributed by atoms with E-state index >= 15 is 0 Å². The molecule has 1 atom stereocenters. The summed E-state index contributed by atoms with van der Waals surface area (Å²) in [4.78, 5) is 27.5. The molecule has 7 nitrogen and oxygen atoms in total. The van der Waals surface area contributed by atoms with Crippen molar-refractivity contribution in [1.82, 2.24) is 10.2 Å². The molecule has 2 aliphatic rings. The van der Waals surface area contributed by atoms with Crippen LogP contribution in [-0.2, 0) is 14.0 Å². The summed E-state index contributed by atoms with van der Waals surface area (Å²) in [6.07, 6.45) is 0.216. The maximum absolute atomic E-state index is 13.5. The van der Waals surface area contributed by atoms with E-state index in [2.05, 4.69) is 36.5 Å². The molecule has 0 unspecified atom stereocenters. The highest BCUT2D eigenvalue weighted by atomic mass is 16.7. The summed E-state index contributed by atoms with van der Waals surface area (Å²) in [5.41, 5.74) is 3.01. The van der Waals surface area contributed by atoms with Crippen molar-refractivity contribution in [3.05, 3.63) is 53.6 Å². The summed E-state index contributed by atoms with van der Waals surface area (Å²) in [5.74, 6) is -0.0817. The van der Waals surface area contributed by atoms with E-state index in [1.165, 1.54) is 5.56 Å². The first-order chi connectivity index (χ1) is 17.1. The summed E-state index contributed by atoms with van der Waals surface area (Å²) >= 11 is 0. The molecule has 0 aromatic heterocycles. The molecule has 198 valence electrons. The van der Waals surface area contributed by atoms with Crippen LogP contribution >= 0.6 is 0 Å². The molecule has 37 heavy (non-hydrogen) atoms. The number of ether oxygens (including phenoxy) is 1. The van der Waals surface area contributed by atoms with Crippen molar-refractivity contribution in [1.29, 1.82) is 0 Å². The highest BCUT2D eigenvalue weighted by Gasteiger charge is 2.52. The first kappa shape index (κ1) is 27.2. The summed E-state index contributed by atoms with van der Waals surface area (Å²) in [6, 6.07) is 13.9. The zero-order chi connectivity index (χ0) is 27.2. The molecule has 2 amide bonds. The molecule has 0 saturated carbocycles. The van der Waals surface area contributed by atoms with Crippen LogP contribution in [0, 0.1) is 6.92 Å². The van der Waals surface area contributed by atoms with Crippen molar-refractivity contribution in [2.45, 2.75) is 84.7 Å². The SMILES string of the molecule is Cc1ccc(-c2ccc(C(=O)N3CC[C@H](NC(=O)OC(C)(C)C)C3)cc2B2OC(C)(C)C(C)(C)O2)cc1. The molecule has 2 aliphatic heterocycles. The lowest BCUT2D eigenvalue weighted by Gasteiger charge is -2.32. The second kappa shape index (κ2) is 9.80. The van der Waals surface area contributed by atoms with Gasteiger partial charge in [0.25, 0.3) is 5.91 Å². The fourth-order valence-electron chi connectivity index (χ4n) is 4.58. The minimum Gasteiger partial charge on any atom is -0.444 e. The highest BCUT2D eigenvalue weighted by molar-refractivity contribution is 6.64. The normalized spacial score (nSPS) is 20.7. The standard InChI is InChI=1S/C29H39BN2O5/c1-19-9-11-20(12-10-19)23-14-13-21(17-24(23)30-36-28(5,6)29(7,8)37-30)25(33)32-16-15-22(18-32)31-26(34)35-27(2,3)4/h9-14,17,22H,15-16,18H2,1-8H3,(H,31,34)/t22-/m0/s1. The van der Waals surface area contributed by atoms with Gasteiger partial charge in [0, 0.05) is 18.7 Å². The van der Waals surface area contributed by atoms with Gasteiger partial charge in [-0.1, -0.05) is 35.9 Å². The van der Waals surface area contributed by atoms with Gasteiger partial charge in [-0.05, 0) is 90.5 Å². The van der Waals surface area contributed by atoms with Crippen LogP contribution in [-0.4, -0.2) is 60.0 Å². The number of hydrogen-bond donors (Lipinski definition) is 1. The van der Waals surface area contributed by atoms with E-state index in [1.807, 2.05) is 66.7 Å². The lowest BCUT2D eigenvalue weighted by molar-refractivity contribution is 0.00578. The number of likely N-dealkylation sites (tertiary alicyclic amines) is 1. The summed E-state index contributed by atoms with van der Waals surface area (Å²) in [5, 5.41) is 2.89. The van der Waals surface area contributed by atoms with Crippen molar-refractivity contribution in [3.63, 3.8) is 0 Å². The fraction of sp³-hybridized carbons (Fsp3) is 0.517. The lowest BCUT2D eigenvalue weighted by Crippen LogP contribution is -2.41. The van der Waals surface area contributed by atoms with E-state index in [4.69, 9.17) is 14.0 Å². The Hall–Kier alpha value is -2.84. The van der Waals surface area contributed by atoms with Crippen LogP contribution in [0.5, 0.6) is 0 Å². The van der Waals surface area contributed by atoms with Crippen LogP contribution in [0.4, 0.5) is 4.79 Å². The van der Waals surface area contributed by atoms with Crippen molar-refractivity contribution in [3.8, 4) is 11.1 Å². The fourth-order valence-corrected chi connectivity index (χ4v) is 4.58. The van der Waals surface area contributed by atoms with E-state index in [9.17, 15) is 9.59 Å². The first-order valence-corrected chi connectivity index (χ1v) is 13.0. The topological polar surface area (TPSA) is 77.1 Å². The number of carbonyl (C=O) groups is 2. The number of aryl methyl sites for hydroxylation is 1. The predicted octanol–water partition coefficient (Wildman–Crippen LogP) is 4.70. The Morgan fingerprint density at radius 3 is 2.24 bits per heavy atom. The van der Waals surface area contributed by atoms with Crippen molar-refractivity contribution in [2.75, 3.05) is 13.1 Å². The van der Waals surface area contributed by atoms with Gasteiger partial charge < -0.3 is 24.3 Å². The molecule has 0 spiro atoms. The number of alkyl carbamates (subject to hydrolysis) is 1. The lowest BCUT2D eigenvalue weighted by atomic mass is 9.73. The third-order valence-electron chi connectivity index (χ3n) is 7.36. The van der Waals surface area contributed by atoms with Gasteiger partial charge in [0.05, 0.1) is 17.2 Å². The Kier molecular flexibility index (Phi) is 7.21. The Morgan fingerprint density at radius 2 is 1.65 bits per heavy atom. The first-order valence-electron chi connectivity index (χ1n) is 13.0. The Balaban J connectivity index is 1.58. The maximum atomic E-state index is 13.5. The van der Waals surface area contributed by atoms with Crippen molar-refractivity contribution in [2.24, 2.45) is 0 Å². The minimum atomic E-state index is -0.603. The number of nitrogens with one attached hydrogen (secondary N) is 1. The van der Waals surface area contributed by atoms with Crippen LogP contribution in [0.3, 0.4) is 0 Å². The molecule has 2 fully saturated rings. The Bertz CT molecular complexity index is 1150. The third-order valence-corrected chi connectivity index (χ3v) is 7.36. The van der Waals surface area contributed by atoms with Crippen LogP contribution in [0.1, 0.15) is 70.8 Å². The van der Waals surface area contributed by atoms with Gasteiger partial charge >= 0.3 is 13.2 Å². The second-order valence-electron chi connectivity index (χ2n) is 12.1. The molecule has 2 heterocycles. The molecule has 0 bridgehead atoms. The van der Waals surface area contributed by atoms with Gasteiger partial charge in [-0.3, -0.25) is 4.79 Å². The van der Waals surface area contributed by atoms with Crippen LogP contribution in [0.25, 0.3) is 11.1 Å². The number of rotatable bonds is 4. The van der Waals surface area contributed by atoms with Gasteiger partial charge in [0.15, 0.2) is 0 Å². The minimum absolute atomic E-state index is 0.0817. The summed E-state index contributed by atoms with van der Waals surface area (Å²) < 4.78 is 18.1. The average Bonchev–Trinajstić information content (AvgIpc) is 3.33. The molecular formula is C29H39BN2O5. The average molecular weight is 506 g/mol. The Labute approximate surface area is 221 Å². The van der Waals surface area contributed by atoms with Crippen molar-refractivity contribution < 1.29 is 23.6 Å². The van der Waals surface area contributed by atoms with E-state index in [0.717, 1.165) is 16.6 Å². The molecule has 2 aromatic carbocycles. The molecule has 0 aliphatic carbocycles. The number of benzene rings is 2. The summed E-state index contributed by atoms with van der Waals surface area (Å²) in [6.45, 7) is 16.6. The molecular weight excluding hydrogens is 467 g/mol. The summed E-state index contributed by atoms with van der Waals surface area (Å²) in [7, 11) is -0.603. The Morgan fingerprint density at radius 1 is 1.03 bits per heavy atom. The molecule has 4 rings (SSSR count). The van der Waals surface area contributed by atoms with Crippen LogP contribution < -0.4 is 10.8 Å². The monoisotopic (exact) mass is 506 g/mol. The molecule has 2 aromatic rings. The van der Waals surface area contributed by atoms with Crippen molar-refractivity contribution >= 4 is 24.6 Å². The zero-order valence-corrected chi connectivity index (χ0v) is 23.3. The smallest absolute Gasteiger partial charge is 0.444 e. The van der Waals surface area contributed by atoms with Gasteiger partial charge in [-0.15, -0.1) is 0 Å². The highest BCUT2D eigenvalue weighted by Crippen LogP contribution is 2.37. The van der Waals surface area contributed by atoms with Gasteiger partial charge in [0.2, 0.25) is 0 Å². The third kappa shape index (κ3) is 6.02. The number of hydrogen-bond acceptors (Lipinski definition) is 5.